The van der Waals surface area contributed by atoms with Gasteiger partial charge in [0, 0.05) is 17.9 Å². The van der Waals surface area contributed by atoms with Gasteiger partial charge in [0.1, 0.15) is 5.76 Å². The first kappa shape index (κ1) is 13.3. The average Bonchev–Trinajstić information content (AvgIpc) is 2.30. The van der Waals surface area contributed by atoms with Gasteiger partial charge in [-0.05, 0) is 25.7 Å². The Hall–Kier alpha value is -0.790. The monoisotopic (exact) mass is 224 g/mol. The summed E-state index contributed by atoms with van der Waals surface area (Å²) in [5, 5.41) is 0. The minimum atomic E-state index is 0.243. The van der Waals surface area contributed by atoms with Crippen LogP contribution in [0.5, 0.6) is 0 Å². The Labute approximate surface area is 99.1 Å². The van der Waals surface area contributed by atoms with E-state index in [1.54, 1.807) is 7.11 Å². The van der Waals surface area contributed by atoms with E-state index in [0.717, 1.165) is 36.5 Å². The van der Waals surface area contributed by atoms with Crippen molar-refractivity contribution in [2.45, 2.75) is 52.9 Å². The number of ether oxygens (including phenoxy) is 1. The molecule has 0 radical (unpaired) electrons. The molecule has 0 saturated heterocycles. The third kappa shape index (κ3) is 3.10. The Morgan fingerprint density at radius 2 is 2.19 bits per heavy atom. The predicted octanol–water partition coefficient (Wildman–Crippen LogP) is 3.71. The minimum absolute atomic E-state index is 0.243. The van der Waals surface area contributed by atoms with Crippen molar-refractivity contribution in [1.82, 2.24) is 0 Å². The molecule has 0 aliphatic heterocycles. The van der Waals surface area contributed by atoms with Gasteiger partial charge in [0.2, 0.25) is 0 Å². The molecule has 16 heavy (non-hydrogen) atoms. The normalized spacial score (nSPS) is 23.5. The summed E-state index contributed by atoms with van der Waals surface area (Å²) in [6.07, 6.45) is 5.32. The van der Waals surface area contributed by atoms with Crippen molar-refractivity contribution in [3.05, 3.63) is 11.3 Å². The summed E-state index contributed by atoms with van der Waals surface area (Å²) in [6, 6.07) is 0. The van der Waals surface area contributed by atoms with Gasteiger partial charge in [-0.3, -0.25) is 4.79 Å². The lowest BCUT2D eigenvalue weighted by Gasteiger charge is -2.24. The number of hydrogen-bond donors (Lipinski definition) is 0. The molecule has 2 heteroatoms. The lowest BCUT2D eigenvalue weighted by Crippen LogP contribution is -2.22. The van der Waals surface area contributed by atoms with Crippen molar-refractivity contribution in [2.24, 2.45) is 11.8 Å². The molecule has 1 unspecified atom stereocenters. The molecular formula is C14H24O2. The lowest BCUT2D eigenvalue weighted by atomic mass is 9.82. The Morgan fingerprint density at radius 3 is 2.75 bits per heavy atom. The van der Waals surface area contributed by atoms with Crippen molar-refractivity contribution in [2.75, 3.05) is 7.11 Å². The number of carbonyl (C=O) groups excluding carboxylic acids is 1. The van der Waals surface area contributed by atoms with E-state index in [4.69, 9.17) is 4.74 Å². The smallest absolute Gasteiger partial charge is 0.165 e. The zero-order valence-corrected chi connectivity index (χ0v) is 11.0. The van der Waals surface area contributed by atoms with Crippen molar-refractivity contribution < 1.29 is 9.53 Å². The number of carbonyl (C=O) groups is 1. The molecule has 2 nitrogen and oxygen atoms in total. The molecule has 0 fully saturated rings. The molecule has 1 rings (SSSR count). The highest BCUT2D eigenvalue weighted by atomic mass is 16.5. The maximum Gasteiger partial charge on any atom is 0.165 e. The molecule has 0 saturated carbocycles. The van der Waals surface area contributed by atoms with Crippen LogP contribution in [0.15, 0.2) is 11.3 Å². The first-order chi connectivity index (χ1) is 7.60. The molecule has 1 aliphatic carbocycles. The summed E-state index contributed by atoms with van der Waals surface area (Å²) in [4.78, 5) is 12.1. The minimum Gasteiger partial charge on any atom is -0.501 e. The fourth-order valence-corrected chi connectivity index (χ4v) is 2.29. The van der Waals surface area contributed by atoms with Crippen molar-refractivity contribution in [1.29, 1.82) is 0 Å². The van der Waals surface area contributed by atoms with Crippen LogP contribution in [-0.4, -0.2) is 12.9 Å². The highest BCUT2D eigenvalue weighted by molar-refractivity contribution is 5.97. The maximum absolute atomic E-state index is 12.1. The Bertz CT molecular complexity index is 278. The molecule has 0 spiro atoms. The third-order valence-electron chi connectivity index (χ3n) is 3.83. The second kappa shape index (κ2) is 6.07. The summed E-state index contributed by atoms with van der Waals surface area (Å²) in [6.45, 7) is 6.37. The van der Waals surface area contributed by atoms with E-state index in [-0.39, 0.29) is 5.92 Å². The van der Waals surface area contributed by atoms with Gasteiger partial charge in [-0.25, -0.2) is 0 Å². The van der Waals surface area contributed by atoms with E-state index in [0.29, 0.717) is 5.78 Å². The van der Waals surface area contributed by atoms with Gasteiger partial charge >= 0.3 is 0 Å². The van der Waals surface area contributed by atoms with E-state index >= 15 is 0 Å². The van der Waals surface area contributed by atoms with Crippen molar-refractivity contribution in [3.8, 4) is 0 Å². The number of hydrogen-bond acceptors (Lipinski definition) is 2. The molecule has 0 aromatic rings. The standard InChI is InChI=1S/C14H24O2/c1-5-10(2)6-7-12-8-9-13(16-4)11(3)14(12)15/h10,12H,5-9H2,1-4H3/t10-,12?/m0/s1. The zero-order chi connectivity index (χ0) is 12.1. The molecule has 0 amide bonds. The molecular weight excluding hydrogens is 200 g/mol. The quantitative estimate of drug-likeness (QED) is 0.711. The van der Waals surface area contributed by atoms with Crippen LogP contribution in [-0.2, 0) is 9.53 Å². The molecule has 1 aliphatic rings. The Kier molecular flexibility index (Phi) is 5.04. The van der Waals surface area contributed by atoms with Gasteiger partial charge in [-0.1, -0.05) is 26.7 Å². The molecule has 0 bridgehead atoms. The highest BCUT2D eigenvalue weighted by Gasteiger charge is 2.27. The third-order valence-corrected chi connectivity index (χ3v) is 3.83. The zero-order valence-electron chi connectivity index (χ0n) is 11.0. The Morgan fingerprint density at radius 1 is 1.50 bits per heavy atom. The second-order valence-electron chi connectivity index (χ2n) is 4.94. The van der Waals surface area contributed by atoms with Crippen LogP contribution in [0.3, 0.4) is 0 Å². The number of rotatable bonds is 5. The molecule has 0 N–H and O–H groups in total. The topological polar surface area (TPSA) is 26.3 Å². The van der Waals surface area contributed by atoms with Crippen LogP contribution in [0.1, 0.15) is 52.9 Å². The number of ketones is 1. The first-order valence-corrected chi connectivity index (χ1v) is 6.38. The highest BCUT2D eigenvalue weighted by Crippen LogP contribution is 2.30. The van der Waals surface area contributed by atoms with E-state index in [2.05, 4.69) is 13.8 Å². The summed E-state index contributed by atoms with van der Waals surface area (Å²) in [5.41, 5.74) is 0.850. The van der Waals surface area contributed by atoms with Crippen LogP contribution in [0.2, 0.25) is 0 Å². The maximum atomic E-state index is 12.1. The predicted molar refractivity (Wildman–Crippen MR) is 66.1 cm³/mol. The van der Waals surface area contributed by atoms with Gasteiger partial charge in [-0.2, -0.15) is 0 Å². The first-order valence-electron chi connectivity index (χ1n) is 6.38. The molecule has 0 heterocycles. The van der Waals surface area contributed by atoms with Gasteiger partial charge < -0.3 is 4.74 Å². The lowest BCUT2D eigenvalue weighted by molar-refractivity contribution is -0.120. The molecule has 2 atom stereocenters. The van der Waals surface area contributed by atoms with Gasteiger partial charge in [-0.15, -0.1) is 0 Å². The average molecular weight is 224 g/mol. The number of allylic oxidation sites excluding steroid dienone is 2. The van der Waals surface area contributed by atoms with E-state index < -0.39 is 0 Å². The van der Waals surface area contributed by atoms with Crippen molar-refractivity contribution >= 4 is 5.78 Å². The largest absolute Gasteiger partial charge is 0.501 e. The van der Waals surface area contributed by atoms with Gasteiger partial charge in [0.25, 0.3) is 0 Å². The van der Waals surface area contributed by atoms with Crippen molar-refractivity contribution in [3.63, 3.8) is 0 Å². The van der Waals surface area contributed by atoms with Gasteiger partial charge in [0.15, 0.2) is 5.78 Å². The van der Waals surface area contributed by atoms with Gasteiger partial charge in [0.05, 0.1) is 7.11 Å². The SMILES string of the molecule is CC[C@H](C)CCC1CCC(OC)=C(C)C1=O. The number of Topliss-reactive ketones (excluding diaryl/α,β-unsaturated/α-hetero) is 1. The van der Waals surface area contributed by atoms with E-state index in [9.17, 15) is 4.79 Å². The summed E-state index contributed by atoms with van der Waals surface area (Å²) in [7, 11) is 1.66. The fourth-order valence-electron chi connectivity index (χ4n) is 2.29. The number of methoxy groups -OCH3 is 1. The van der Waals surface area contributed by atoms with Crippen LogP contribution in [0, 0.1) is 11.8 Å². The Balaban J connectivity index is 2.54. The van der Waals surface area contributed by atoms with Crippen LogP contribution < -0.4 is 0 Å². The molecule has 0 aromatic heterocycles. The summed E-state index contributed by atoms with van der Waals surface area (Å²) >= 11 is 0. The molecule has 0 aromatic carbocycles. The van der Waals surface area contributed by atoms with E-state index in [1.807, 2.05) is 6.92 Å². The summed E-state index contributed by atoms with van der Waals surface area (Å²) < 4.78 is 5.23. The summed E-state index contributed by atoms with van der Waals surface area (Å²) in [5.74, 6) is 2.19. The molecule has 92 valence electrons. The van der Waals surface area contributed by atoms with Crippen LogP contribution in [0.4, 0.5) is 0 Å². The van der Waals surface area contributed by atoms with Crippen LogP contribution in [0.25, 0.3) is 0 Å². The van der Waals surface area contributed by atoms with Crippen LogP contribution >= 0.6 is 0 Å². The van der Waals surface area contributed by atoms with E-state index in [1.165, 1.54) is 12.8 Å². The fraction of sp³-hybridized carbons (Fsp3) is 0.786. The second-order valence-corrected chi connectivity index (χ2v) is 4.94.